The Morgan fingerprint density at radius 3 is 3.00 bits per heavy atom. The zero-order chi connectivity index (χ0) is 16.8. The lowest BCUT2D eigenvalue weighted by molar-refractivity contribution is -0.137. The number of anilines is 3. The minimum atomic E-state index is -0.0441. The van der Waals surface area contributed by atoms with E-state index in [9.17, 15) is 4.79 Å². The molecule has 1 aromatic heterocycles. The highest BCUT2D eigenvalue weighted by Gasteiger charge is 2.17. The van der Waals surface area contributed by atoms with E-state index in [1.165, 1.54) is 6.33 Å². The fourth-order valence-corrected chi connectivity index (χ4v) is 2.30. The van der Waals surface area contributed by atoms with E-state index < -0.39 is 0 Å². The van der Waals surface area contributed by atoms with Gasteiger partial charge in [-0.2, -0.15) is 0 Å². The van der Waals surface area contributed by atoms with E-state index in [0.29, 0.717) is 43.6 Å². The van der Waals surface area contributed by atoms with Crippen molar-refractivity contribution in [2.75, 3.05) is 44.0 Å². The lowest BCUT2D eigenvalue weighted by atomic mass is 10.3. The third-order valence-electron chi connectivity index (χ3n) is 3.58. The fourth-order valence-electron chi connectivity index (χ4n) is 2.30. The van der Waals surface area contributed by atoms with E-state index in [0.717, 1.165) is 5.69 Å². The number of carbonyl (C=O) groups excluding carboxylic acids is 1. The number of hydrogen-bond donors (Lipinski definition) is 2. The van der Waals surface area contributed by atoms with Crippen LogP contribution in [-0.4, -0.2) is 53.7 Å². The van der Waals surface area contributed by atoms with Gasteiger partial charge >= 0.3 is 0 Å². The van der Waals surface area contributed by atoms with Crippen LogP contribution in [0.2, 0.25) is 0 Å². The second-order valence-corrected chi connectivity index (χ2v) is 5.26. The zero-order valence-corrected chi connectivity index (χ0v) is 13.1. The second kappa shape index (κ2) is 7.60. The average molecular weight is 329 g/mol. The molecule has 24 heavy (non-hydrogen) atoms. The molecule has 8 heteroatoms. The molecule has 126 valence electrons. The van der Waals surface area contributed by atoms with E-state index in [1.807, 2.05) is 12.1 Å². The number of benzene rings is 1. The van der Waals surface area contributed by atoms with Crippen LogP contribution in [0, 0.1) is 0 Å². The first-order chi connectivity index (χ1) is 11.7. The number of nitrogen functional groups attached to an aromatic ring is 1. The Hall–Kier alpha value is -2.87. The molecular formula is C16H19N5O3. The van der Waals surface area contributed by atoms with E-state index in [1.54, 1.807) is 23.2 Å². The van der Waals surface area contributed by atoms with Gasteiger partial charge in [0, 0.05) is 24.8 Å². The van der Waals surface area contributed by atoms with Gasteiger partial charge in [-0.25, -0.2) is 9.97 Å². The minimum absolute atomic E-state index is 0.0000400. The van der Waals surface area contributed by atoms with Crippen LogP contribution in [0.4, 0.5) is 17.2 Å². The normalized spacial score (nSPS) is 14.2. The number of amides is 1. The predicted molar refractivity (Wildman–Crippen MR) is 89.1 cm³/mol. The maximum absolute atomic E-state index is 12.1. The standard InChI is InChI=1S/C16H19N5O3/c17-16-14(9-18-11-19-16)20-12-2-1-3-13(8-12)24-10-15(22)21-4-6-23-7-5-21/h1-3,8-9,11,20H,4-7,10H2,(H2,17,18,19). The van der Waals surface area contributed by atoms with Gasteiger partial charge in [0.15, 0.2) is 12.4 Å². The Bertz CT molecular complexity index is 704. The summed E-state index contributed by atoms with van der Waals surface area (Å²) in [5.41, 5.74) is 7.16. The van der Waals surface area contributed by atoms with Crippen molar-refractivity contribution in [3.8, 4) is 5.75 Å². The summed E-state index contributed by atoms with van der Waals surface area (Å²) in [5.74, 6) is 0.910. The molecule has 0 atom stereocenters. The van der Waals surface area contributed by atoms with Crippen molar-refractivity contribution in [2.45, 2.75) is 0 Å². The van der Waals surface area contributed by atoms with E-state index in [4.69, 9.17) is 15.2 Å². The monoisotopic (exact) mass is 329 g/mol. The number of hydrogen-bond acceptors (Lipinski definition) is 7. The first kappa shape index (κ1) is 16.0. The second-order valence-electron chi connectivity index (χ2n) is 5.26. The van der Waals surface area contributed by atoms with Crippen molar-refractivity contribution in [3.63, 3.8) is 0 Å². The average Bonchev–Trinajstić information content (AvgIpc) is 2.63. The summed E-state index contributed by atoms with van der Waals surface area (Å²) in [6, 6.07) is 7.28. The molecule has 0 unspecified atom stereocenters. The molecule has 0 aliphatic carbocycles. The highest BCUT2D eigenvalue weighted by atomic mass is 16.5. The highest BCUT2D eigenvalue weighted by Crippen LogP contribution is 2.23. The highest BCUT2D eigenvalue weighted by molar-refractivity contribution is 5.78. The van der Waals surface area contributed by atoms with Gasteiger partial charge in [0.2, 0.25) is 0 Å². The quantitative estimate of drug-likeness (QED) is 0.845. The molecule has 8 nitrogen and oxygen atoms in total. The summed E-state index contributed by atoms with van der Waals surface area (Å²) in [6.07, 6.45) is 2.98. The largest absolute Gasteiger partial charge is 0.484 e. The topological polar surface area (TPSA) is 103 Å². The first-order valence-electron chi connectivity index (χ1n) is 7.63. The zero-order valence-electron chi connectivity index (χ0n) is 13.1. The number of ether oxygens (including phenoxy) is 2. The molecule has 3 rings (SSSR count). The van der Waals surface area contributed by atoms with Crippen LogP contribution in [0.5, 0.6) is 5.75 Å². The minimum Gasteiger partial charge on any atom is -0.484 e. The molecular weight excluding hydrogens is 310 g/mol. The van der Waals surface area contributed by atoms with Crippen LogP contribution in [0.3, 0.4) is 0 Å². The maximum Gasteiger partial charge on any atom is 0.260 e. The van der Waals surface area contributed by atoms with Crippen LogP contribution >= 0.6 is 0 Å². The third-order valence-corrected chi connectivity index (χ3v) is 3.58. The molecule has 2 heterocycles. The van der Waals surface area contributed by atoms with E-state index in [-0.39, 0.29) is 12.5 Å². The number of nitrogens with two attached hydrogens (primary N) is 1. The molecule has 0 saturated carbocycles. The molecule has 1 amide bonds. The summed E-state index contributed by atoms with van der Waals surface area (Å²) in [4.78, 5) is 21.7. The third kappa shape index (κ3) is 4.11. The van der Waals surface area contributed by atoms with Crippen LogP contribution < -0.4 is 15.8 Å². The molecule has 3 N–H and O–H groups in total. The van der Waals surface area contributed by atoms with Gasteiger partial charge in [-0.15, -0.1) is 0 Å². The SMILES string of the molecule is Nc1ncncc1Nc1cccc(OCC(=O)N2CCOCC2)c1. The number of rotatable bonds is 5. The van der Waals surface area contributed by atoms with Gasteiger partial charge in [0.05, 0.1) is 25.1 Å². The number of nitrogens with one attached hydrogen (secondary N) is 1. The van der Waals surface area contributed by atoms with Crippen molar-refractivity contribution >= 4 is 23.1 Å². The maximum atomic E-state index is 12.1. The van der Waals surface area contributed by atoms with Crippen LogP contribution in [-0.2, 0) is 9.53 Å². The molecule has 1 aromatic carbocycles. The van der Waals surface area contributed by atoms with Gasteiger partial charge < -0.3 is 25.4 Å². The van der Waals surface area contributed by atoms with Gasteiger partial charge in [-0.05, 0) is 12.1 Å². The molecule has 1 aliphatic heterocycles. The summed E-state index contributed by atoms with van der Waals surface area (Å²) < 4.78 is 10.8. The molecule has 0 spiro atoms. The number of morpholine rings is 1. The van der Waals surface area contributed by atoms with Gasteiger partial charge in [-0.1, -0.05) is 6.07 Å². The molecule has 0 radical (unpaired) electrons. The molecule has 1 fully saturated rings. The summed E-state index contributed by atoms with van der Waals surface area (Å²) in [7, 11) is 0. The van der Waals surface area contributed by atoms with Gasteiger partial charge in [0.25, 0.3) is 5.91 Å². The van der Waals surface area contributed by atoms with Crippen molar-refractivity contribution in [1.82, 2.24) is 14.9 Å². The smallest absolute Gasteiger partial charge is 0.260 e. The Morgan fingerprint density at radius 2 is 2.21 bits per heavy atom. The van der Waals surface area contributed by atoms with Crippen molar-refractivity contribution in [2.24, 2.45) is 0 Å². The molecule has 0 bridgehead atoms. The lowest BCUT2D eigenvalue weighted by Crippen LogP contribution is -2.42. The van der Waals surface area contributed by atoms with Crippen LogP contribution in [0.25, 0.3) is 0 Å². The van der Waals surface area contributed by atoms with Crippen molar-refractivity contribution in [1.29, 1.82) is 0 Å². The fraction of sp³-hybridized carbons (Fsp3) is 0.312. The Morgan fingerprint density at radius 1 is 1.38 bits per heavy atom. The number of nitrogens with zero attached hydrogens (tertiary/aromatic N) is 3. The Labute approximate surface area is 139 Å². The summed E-state index contributed by atoms with van der Waals surface area (Å²) in [5, 5.41) is 3.12. The summed E-state index contributed by atoms with van der Waals surface area (Å²) in [6.45, 7) is 2.37. The lowest BCUT2D eigenvalue weighted by Gasteiger charge is -2.26. The predicted octanol–water partition coefficient (Wildman–Crippen LogP) is 1.04. The van der Waals surface area contributed by atoms with Crippen molar-refractivity contribution < 1.29 is 14.3 Å². The Kier molecular flexibility index (Phi) is 5.07. The molecule has 1 aliphatic rings. The van der Waals surface area contributed by atoms with Crippen LogP contribution in [0.1, 0.15) is 0 Å². The number of aromatic nitrogens is 2. The van der Waals surface area contributed by atoms with Crippen molar-refractivity contribution in [3.05, 3.63) is 36.8 Å². The first-order valence-corrected chi connectivity index (χ1v) is 7.63. The number of carbonyl (C=O) groups is 1. The van der Waals surface area contributed by atoms with E-state index in [2.05, 4.69) is 15.3 Å². The van der Waals surface area contributed by atoms with E-state index >= 15 is 0 Å². The van der Waals surface area contributed by atoms with Crippen LogP contribution in [0.15, 0.2) is 36.8 Å². The van der Waals surface area contributed by atoms with Gasteiger partial charge in [-0.3, -0.25) is 4.79 Å². The summed E-state index contributed by atoms with van der Waals surface area (Å²) >= 11 is 0. The Balaban J connectivity index is 1.59. The van der Waals surface area contributed by atoms with Gasteiger partial charge in [0.1, 0.15) is 12.1 Å². The molecule has 1 saturated heterocycles. The molecule has 2 aromatic rings.